The molecule has 23 heavy (non-hydrogen) atoms. The number of aliphatic hydroxyl groups excluding tert-OH is 1. The highest BCUT2D eigenvalue weighted by molar-refractivity contribution is 6.08. The Hall–Kier alpha value is -2.65. The lowest BCUT2D eigenvalue weighted by molar-refractivity contribution is 0.168. The summed E-state index contributed by atoms with van der Waals surface area (Å²) in [4.78, 5) is 0. The van der Waals surface area contributed by atoms with Crippen molar-refractivity contribution in [2.45, 2.75) is 18.9 Å². The molecule has 3 nitrogen and oxygen atoms in total. The van der Waals surface area contributed by atoms with Gasteiger partial charge in [0.1, 0.15) is 5.84 Å². The van der Waals surface area contributed by atoms with Gasteiger partial charge in [-0.3, -0.25) is 5.41 Å². The van der Waals surface area contributed by atoms with Crippen LogP contribution in [0.1, 0.15) is 29.2 Å². The summed E-state index contributed by atoms with van der Waals surface area (Å²) in [5, 5.41) is 20.1. The third kappa shape index (κ3) is 3.25. The first-order valence-electron chi connectivity index (χ1n) is 7.75. The monoisotopic (exact) mass is 304 g/mol. The summed E-state index contributed by atoms with van der Waals surface area (Å²) >= 11 is 0. The zero-order valence-corrected chi connectivity index (χ0v) is 12.9. The number of hydrogen-bond acceptors (Lipinski definition) is 2. The molecule has 0 spiro atoms. The molecule has 0 bridgehead atoms. The van der Waals surface area contributed by atoms with Crippen molar-refractivity contribution in [2.24, 2.45) is 5.73 Å². The molecule has 4 N–H and O–H groups in total. The standard InChI is InChI=1S/C20H20N2O/c21-20(22)18-12-10-14(16-8-4-5-9-17(16)18)11-13-19(23)15-6-2-1-3-7-15/h1-10,12,19,23H,11,13H2,(H3,21,22). The van der Waals surface area contributed by atoms with Crippen LogP contribution in [0.4, 0.5) is 0 Å². The Morgan fingerprint density at radius 2 is 1.57 bits per heavy atom. The van der Waals surface area contributed by atoms with Crippen molar-refractivity contribution in [3.8, 4) is 0 Å². The summed E-state index contributed by atoms with van der Waals surface area (Å²) in [5.74, 6) is 0.0806. The van der Waals surface area contributed by atoms with E-state index in [0.29, 0.717) is 6.42 Å². The largest absolute Gasteiger partial charge is 0.388 e. The van der Waals surface area contributed by atoms with Gasteiger partial charge in [0.15, 0.2) is 0 Å². The highest BCUT2D eigenvalue weighted by Gasteiger charge is 2.11. The Morgan fingerprint density at radius 3 is 2.26 bits per heavy atom. The topological polar surface area (TPSA) is 70.1 Å². The van der Waals surface area contributed by atoms with Crippen LogP contribution in [0.2, 0.25) is 0 Å². The van der Waals surface area contributed by atoms with Gasteiger partial charge in [-0.05, 0) is 34.7 Å². The zero-order valence-electron chi connectivity index (χ0n) is 12.9. The number of aliphatic hydroxyl groups is 1. The van der Waals surface area contributed by atoms with Gasteiger partial charge in [0.05, 0.1) is 6.10 Å². The van der Waals surface area contributed by atoms with Gasteiger partial charge in [-0.15, -0.1) is 0 Å². The zero-order chi connectivity index (χ0) is 16.2. The van der Waals surface area contributed by atoms with Gasteiger partial charge in [-0.2, -0.15) is 0 Å². The van der Waals surface area contributed by atoms with Crippen LogP contribution in [-0.2, 0) is 6.42 Å². The Labute approximate surface area is 135 Å². The minimum Gasteiger partial charge on any atom is -0.388 e. The van der Waals surface area contributed by atoms with E-state index >= 15 is 0 Å². The van der Waals surface area contributed by atoms with Gasteiger partial charge in [-0.25, -0.2) is 0 Å². The lowest BCUT2D eigenvalue weighted by Gasteiger charge is -2.13. The lowest BCUT2D eigenvalue weighted by Crippen LogP contribution is -2.12. The second-order valence-corrected chi connectivity index (χ2v) is 5.70. The molecular formula is C20H20N2O. The minimum atomic E-state index is -0.470. The maximum absolute atomic E-state index is 10.3. The predicted octanol–water partition coefficient (Wildman–Crippen LogP) is 3.79. The van der Waals surface area contributed by atoms with Crippen LogP contribution in [-0.4, -0.2) is 10.9 Å². The Kier molecular flexibility index (Phi) is 4.40. The minimum absolute atomic E-state index is 0.0806. The van der Waals surface area contributed by atoms with E-state index in [0.717, 1.165) is 28.3 Å². The molecule has 3 heteroatoms. The van der Waals surface area contributed by atoms with Crippen molar-refractivity contribution in [2.75, 3.05) is 0 Å². The van der Waals surface area contributed by atoms with Crippen molar-refractivity contribution in [3.63, 3.8) is 0 Å². The third-order valence-corrected chi connectivity index (χ3v) is 4.18. The Balaban J connectivity index is 1.87. The Morgan fingerprint density at radius 1 is 0.913 bits per heavy atom. The molecule has 0 aliphatic heterocycles. The van der Waals surface area contributed by atoms with E-state index in [1.165, 1.54) is 5.56 Å². The first-order valence-corrected chi connectivity index (χ1v) is 7.75. The SMILES string of the molecule is N=C(N)c1ccc(CCC(O)c2ccccc2)c2ccccc12. The van der Waals surface area contributed by atoms with E-state index in [1.807, 2.05) is 66.7 Å². The van der Waals surface area contributed by atoms with E-state index in [9.17, 15) is 5.11 Å². The lowest BCUT2D eigenvalue weighted by atomic mass is 9.94. The number of hydrogen-bond donors (Lipinski definition) is 3. The molecule has 3 aromatic rings. The first kappa shape index (κ1) is 15.3. The number of nitrogens with two attached hydrogens (primary N) is 1. The van der Waals surface area contributed by atoms with Crippen molar-refractivity contribution in [1.82, 2.24) is 0 Å². The first-order chi connectivity index (χ1) is 11.2. The summed E-state index contributed by atoms with van der Waals surface area (Å²) in [7, 11) is 0. The molecule has 1 atom stereocenters. The van der Waals surface area contributed by atoms with Crippen LogP contribution in [0.25, 0.3) is 10.8 Å². The van der Waals surface area contributed by atoms with Gasteiger partial charge >= 0.3 is 0 Å². The number of fused-ring (bicyclic) bond motifs is 1. The van der Waals surface area contributed by atoms with E-state index in [4.69, 9.17) is 11.1 Å². The molecule has 0 saturated heterocycles. The molecule has 3 aromatic carbocycles. The number of nitrogen functional groups attached to an aromatic ring is 1. The van der Waals surface area contributed by atoms with E-state index in [-0.39, 0.29) is 5.84 Å². The second-order valence-electron chi connectivity index (χ2n) is 5.70. The Bertz CT molecular complexity index is 827. The number of aryl methyl sites for hydroxylation is 1. The van der Waals surface area contributed by atoms with Crippen LogP contribution in [0.5, 0.6) is 0 Å². The summed E-state index contributed by atoms with van der Waals surface area (Å²) < 4.78 is 0. The quantitative estimate of drug-likeness (QED) is 0.496. The highest BCUT2D eigenvalue weighted by Crippen LogP contribution is 2.26. The van der Waals surface area contributed by atoms with Gasteiger partial charge in [0.2, 0.25) is 0 Å². The maximum Gasteiger partial charge on any atom is 0.123 e. The summed E-state index contributed by atoms with van der Waals surface area (Å²) in [5.41, 5.74) is 8.54. The van der Waals surface area contributed by atoms with E-state index in [2.05, 4.69) is 0 Å². The van der Waals surface area contributed by atoms with E-state index < -0.39 is 6.10 Å². The van der Waals surface area contributed by atoms with Crippen LogP contribution >= 0.6 is 0 Å². The molecular weight excluding hydrogens is 284 g/mol. The molecule has 0 aromatic heterocycles. The second kappa shape index (κ2) is 6.63. The smallest absolute Gasteiger partial charge is 0.123 e. The van der Waals surface area contributed by atoms with Crippen LogP contribution in [0.3, 0.4) is 0 Å². The number of amidine groups is 1. The summed E-state index contributed by atoms with van der Waals surface area (Å²) in [6.07, 6.45) is 0.963. The highest BCUT2D eigenvalue weighted by atomic mass is 16.3. The fourth-order valence-electron chi connectivity index (χ4n) is 2.95. The van der Waals surface area contributed by atoms with Gasteiger partial charge < -0.3 is 10.8 Å². The number of benzene rings is 3. The molecule has 0 radical (unpaired) electrons. The van der Waals surface area contributed by atoms with Crippen LogP contribution in [0, 0.1) is 5.41 Å². The van der Waals surface area contributed by atoms with Crippen molar-refractivity contribution in [3.05, 3.63) is 83.4 Å². The molecule has 116 valence electrons. The predicted molar refractivity (Wildman–Crippen MR) is 94.7 cm³/mol. The van der Waals surface area contributed by atoms with E-state index in [1.54, 1.807) is 0 Å². The van der Waals surface area contributed by atoms with Crippen LogP contribution in [0.15, 0.2) is 66.7 Å². The van der Waals surface area contributed by atoms with Gasteiger partial charge in [0.25, 0.3) is 0 Å². The molecule has 0 saturated carbocycles. The fraction of sp³-hybridized carbons (Fsp3) is 0.150. The maximum atomic E-state index is 10.3. The molecule has 1 unspecified atom stereocenters. The molecule has 0 aliphatic carbocycles. The van der Waals surface area contributed by atoms with Crippen molar-refractivity contribution in [1.29, 1.82) is 5.41 Å². The molecule has 0 heterocycles. The average Bonchev–Trinajstić information content (AvgIpc) is 2.59. The number of nitrogens with one attached hydrogen (secondary N) is 1. The molecule has 0 fully saturated rings. The summed E-state index contributed by atoms with van der Waals surface area (Å²) in [6.45, 7) is 0. The molecule has 0 amide bonds. The van der Waals surface area contributed by atoms with Crippen molar-refractivity contribution < 1.29 is 5.11 Å². The van der Waals surface area contributed by atoms with Crippen LogP contribution < -0.4 is 5.73 Å². The van der Waals surface area contributed by atoms with Crippen molar-refractivity contribution >= 4 is 16.6 Å². The molecule has 0 aliphatic rings. The van der Waals surface area contributed by atoms with Gasteiger partial charge in [-0.1, -0.05) is 66.7 Å². The molecule has 3 rings (SSSR count). The fourth-order valence-corrected chi connectivity index (χ4v) is 2.95. The number of rotatable bonds is 5. The third-order valence-electron chi connectivity index (χ3n) is 4.18. The normalized spacial score (nSPS) is 12.2. The summed E-state index contributed by atoms with van der Waals surface area (Å²) in [6, 6.07) is 21.6. The van der Waals surface area contributed by atoms with Gasteiger partial charge in [0, 0.05) is 5.56 Å². The average molecular weight is 304 g/mol.